The predicted octanol–water partition coefficient (Wildman–Crippen LogP) is 1.27. The zero-order valence-electron chi connectivity index (χ0n) is 11.6. The summed E-state index contributed by atoms with van der Waals surface area (Å²) in [6.07, 6.45) is 5.31. The Labute approximate surface area is 113 Å². The van der Waals surface area contributed by atoms with Crippen LogP contribution in [0.4, 0.5) is 4.79 Å². The molecule has 1 aliphatic rings. The quantitative estimate of drug-likeness (QED) is 0.861. The van der Waals surface area contributed by atoms with E-state index in [2.05, 4.69) is 20.5 Å². The van der Waals surface area contributed by atoms with Gasteiger partial charge in [0.1, 0.15) is 5.76 Å². The van der Waals surface area contributed by atoms with Crippen molar-refractivity contribution in [3.63, 3.8) is 0 Å². The van der Waals surface area contributed by atoms with E-state index in [0.717, 1.165) is 25.3 Å². The number of rotatable bonds is 4. The lowest BCUT2D eigenvalue weighted by Gasteiger charge is -2.35. The van der Waals surface area contributed by atoms with Gasteiger partial charge in [-0.1, -0.05) is 6.42 Å². The zero-order valence-corrected chi connectivity index (χ0v) is 11.6. The van der Waals surface area contributed by atoms with Gasteiger partial charge in [0.25, 0.3) is 0 Å². The van der Waals surface area contributed by atoms with E-state index in [1.807, 2.05) is 6.92 Å². The molecule has 2 N–H and O–H groups in total. The third-order valence-electron chi connectivity index (χ3n) is 3.50. The molecule has 1 atom stereocenters. The van der Waals surface area contributed by atoms with Gasteiger partial charge in [-0.3, -0.25) is 4.90 Å². The summed E-state index contributed by atoms with van der Waals surface area (Å²) in [5.41, 5.74) is 0. The minimum atomic E-state index is -0.124. The van der Waals surface area contributed by atoms with Crippen LogP contribution in [0, 0.1) is 6.92 Å². The van der Waals surface area contributed by atoms with Gasteiger partial charge in [-0.2, -0.15) is 0 Å². The summed E-state index contributed by atoms with van der Waals surface area (Å²) >= 11 is 0. The lowest BCUT2D eigenvalue weighted by molar-refractivity contribution is 0.128. The molecule has 1 aliphatic heterocycles. The average molecular weight is 266 g/mol. The van der Waals surface area contributed by atoms with Gasteiger partial charge in [-0.15, -0.1) is 0 Å². The second kappa shape index (κ2) is 6.56. The van der Waals surface area contributed by atoms with Crippen molar-refractivity contribution in [2.24, 2.45) is 0 Å². The summed E-state index contributed by atoms with van der Waals surface area (Å²) in [6, 6.07) is 0.248. The molecule has 0 aromatic carbocycles. The van der Waals surface area contributed by atoms with Gasteiger partial charge >= 0.3 is 6.03 Å². The van der Waals surface area contributed by atoms with Crippen LogP contribution in [0.1, 0.15) is 30.9 Å². The molecule has 2 rings (SSSR count). The van der Waals surface area contributed by atoms with E-state index >= 15 is 0 Å². The first-order valence-electron chi connectivity index (χ1n) is 6.80. The molecule has 2 amide bonds. The monoisotopic (exact) mass is 266 g/mol. The maximum Gasteiger partial charge on any atom is 0.314 e. The highest BCUT2D eigenvalue weighted by Gasteiger charge is 2.23. The van der Waals surface area contributed by atoms with Gasteiger partial charge in [0.15, 0.2) is 5.89 Å². The highest BCUT2D eigenvalue weighted by atomic mass is 16.4. The maximum atomic E-state index is 11.3. The Hall–Kier alpha value is -1.56. The summed E-state index contributed by atoms with van der Waals surface area (Å²) in [4.78, 5) is 17.7. The number of likely N-dealkylation sites (tertiary alicyclic amines) is 1. The number of carbonyl (C=O) groups is 1. The summed E-state index contributed by atoms with van der Waals surface area (Å²) in [5, 5.41) is 5.46. The minimum Gasteiger partial charge on any atom is -0.445 e. The standard InChI is InChI=1S/C13H22N4O2/c1-10-15-8-12(19-10)9-17-6-4-3-5-11(17)7-16-13(18)14-2/h8,11H,3-7,9H2,1-2H3,(H2,14,16,18). The van der Waals surface area contributed by atoms with E-state index < -0.39 is 0 Å². The van der Waals surface area contributed by atoms with E-state index in [0.29, 0.717) is 18.5 Å². The molecule has 6 heteroatoms. The second-order valence-electron chi connectivity index (χ2n) is 4.93. The highest BCUT2D eigenvalue weighted by Crippen LogP contribution is 2.19. The van der Waals surface area contributed by atoms with Gasteiger partial charge in [-0.25, -0.2) is 9.78 Å². The molecule has 1 unspecified atom stereocenters. The van der Waals surface area contributed by atoms with Crippen LogP contribution in [-0.4, -0.2) is 42.1 Å². The second-order valence-corrected chi connectivity index (χ2v) is 4.93. The van der Waals surface area contributed by atoms with Crippen molar-refractivity contribution in [1.82, 2.24) is 20.5 Å². The summed E-state index contributed by atoms with van der Waals surface area (Å²) in [6.45, 7) is 4.33. The molecule has 0 aliphatic carbocycles. The van der Waals surface area contributed by atoms with Crippen LogP contribution < -0.4 is 10.6 Å². The van der Waals surface area contributed by atoms with Crippen molar-refractivity contribution in [1.29, 1.82) is 0 Å². The van der Waals surface area contributed by atoms with E-state index in [9.17, 15) is 4.79 Å². The van der Waals surface area contributed by atoms with Crippen LogP contribution in [0.5, 0.6) is 0 Å². The van der Waals surface area contributed by atoms with Crippen molar-refractivity contribution in [3.8, 4) is 0 Å². The first-order chi connectivity index (χ1) is 9.19. The van der Waals surface area contributed by atoms with Crippen LogP contribution in [0.15, 0.2) is 10.6 Å². The number of carbonyl (C=O) groups excluding carboxylic acids is 1. The van der Waals surface area contributed by atoms with Crippen LogP contribution in [0.2, 0.25) is 0 Å². The lowest BCUT2D eigenvalue weighted by atomic mass is 10.0. The van der Waals surface area contributed by atoms with E-state index in [-0.39, 0.29) is 6.03 Å². The number of oxazole rings is 1. The number of hydrogen-bond donors (Lipinski definition) is 2. The fourth-order valence-corrected chi connectivity index (χ4v) is 2.48. The van der Waals surface area contributed by atoms with Crippen LogP contribution in [0.3, 0.4) is 0 Å². The average Bonchev–Trinajstić information content (AvgIpc) is 2.83. The minimum absolute atomic E-state index is 0.124. The number of nitrogens with one attached hydrogen (secondary N) is 2. The number of urea groups is 1. The predicted molar refractivity (Wildman–Crippen MR) is 71.7 cm³/mol. The molecule has 0 saturated carbocycles. The number of aryl methyl sites for hydroxylation is 1. The van der Waals surface area contributed by atoms with Crippen molar-refractivity contribution in [2.45, 2.75) is 38.8 Å². The largest absolute Gasteiger partial charge is 0.445 e. The maximum absolute atomic E-state index is 11.3. The normalized spacial score (nSPS) is 20.2. The third-order valence-corrected chi connectivity index (χ3v) is 3.50. The molecular weight excluding hydrogens is 244 g/mol. The smallest absolute Gasteiger partial charge is 0.314 e. The molecule has 1 saturated heterocycles. The van der Waals surface area contributed by atoms with E-state index in [1.54, 1.807) is 13.2 Å². The molecule has 0 spiro atoms. The first kappa shape index (κ1) is 13.9. The number of amides is 2. The SMILES string of the molecule is CNC(=O)NCC1CCCCN1Cc1cnc(C)o1. The Balaban J connectivity index is 1.90. The van der Waals surface area contributed by atoms with E-state index in [4.69, 9.17) is 4.42 Å². The molecule has 1 aromatic rings. The Morgan fingerprint density at radius 2 is 2.42 bits per heavy atom. The Morgan fingerprint density at radius 1 is 1.58 bits per heavy atom. The van der Waals surface area contributed by atoms with E-state index in [1.165, 1.54) is 12.8 Å². The van der Waals surface area contributed by atoms with Crippen LogP contribution in [0.25, 0.3) is 0 Å². The summed E-state index contributed by atoms with van der Waals surface area (Å²) in [7, 11) is 1.63. The topological polar surface area (TPSA) is 70.4 Å². The number of aromatic nitrogens is 1. The van der Waals surface area contributed by atoms with Crippen LogP contribution >= 0.6 is 0 Å². The van der Waals surface area contributed by atoms with Gasteiger partial charge in [-0.05, 0) is 19.4 Å². The summed E-state index contributed by atoms with van der Waals surface area (Å²) < 4.78 is 5.53. The number of hydrogen-bond acceptors (Lipinski definition) is 4. The molecule has 1 aromatic heterocycles. The Bertz CT molecular complexity index is 419. The molecular formula is C13H22N4O2. The lowest BCUT2D eigenvalue weighted by Crippen LogP contribution is -2.47. The molecule has 19 heavy (non-hydrogen) atoms. The van der Waals surface area contributed by atoms with Crippen LogP contribution in [-0.2, 0) is 6.54 Å². The molecule has 0 radical (unpaired) electrons. The fourth-order valence-electron chi connectivity index (χ4n) is 2.48. The van der Waals surface area contributed by atoms with Crippen molar-refractivity contribution < 1.29 is 9.21 Å². The van der Waals surface area contributed by atoms with Crippen molar-refractivity contribution in [3.05, 3.63) is 17.8 Å². The van der Waals surface area contributed by atoms with Gasteiger partial charge in [0.2, 0.25) is 0 Å². The highest BCUT2D eigenvalue weighted by molar-refractivity contribution is 5.73. The van der Waals surface area contributed by atoms with Crippen molar-refractivity contribution >= 4 is 6.03 Å². The molecule has 106 valence electrons. The molecule has 0 bridgehead atoms. The van der Waals surface area contributed by atoms with Gasteiger partial charge in [0, 0.05) is 26.6 Å². The Morgan fingerprint density at radius 3 is 3.11 bits per heavy atom. The first-order valence-corrected chi connectivity index (χ1v) is 6.80. The number of nitrogens with zero attached hydrogens (tertiary/aromatic N) is 2. The summed E-state index contributed by atoms with van der Waals surface area (Å²) in [5.74, 6) is 1.59. The zero-order chi connectivity index (χ0) is 13.7. The van der Waals surface area contributed by atoms with Gasteiger partial charge in [0.05, 0.1) is 12.7 Å². The molecule has 1 fully saturated rings. The van der Waals surface area contributed by atoms with Gasteiger partial charge < -0.3 is 15.1 Å². The third kappa shape index (κ3) is 3.96. The number of piperidine rings is 1. The molecule has 2 heterocycles. The molecule has 6 nitrogen and oxygen atoms in total. The van der Waals surface area contributed by atoms with Crippen molar-refractivity contribution in [2.75, 3.05) is 20.1 Å². The Kier molecular flexibility index (Phi) is 4.79. The fraction of sp³-hybridized carbons (Fsp3) is 0.692.